The van der Waals surface area contributed by atoms with E-state index in [0.29, 0.717) is 6.04 Å². The van der Waals surface area contributed by atoms with Gasteiger partial charge in [0.15, 0.2) is 0 Å². The summed E-state index contributed by atoms with van der Waals surface area (Å²) < 4.78 is 5.83. The van der Waals surface area contributed by atoms with Gasteiger partial charge in [0.05, 0.1) is 12.6 Å². The number of nitrogens with one attached hydrogen (secondary N) is 1. The minimum absolute atomic E-state index is 0.322. The molecule has 0 radical (unpaired) electrons. The second kappa shape index (κ2) is 7.34. The molecule has 2 heteroatoms. The van der Waals surface area contributed by atoms with Crippen LogP contribution < -0.4 is 5.32 Å². The summed E-state index contributed by atoms with van der Waals surface area (Å²) in [5.41, 5.74) is 2.68. The number of benzene rings is 1. The van der Waals surface area contributed by atoms with Gasteiger partial charge in [-0.25, -0.2) is 0 Å². The predicted molar refractivity (Wildman–Crippen MR) is 80.2 cm³/mol. The molecule has 1 atom stereocenters. The lowest BCUT2D eigenvalue weighted by Gasteiger charge is -2.25. The average molecular weight is 259 g/mol. The Hall–Kier alpha value is -1.28. The highest BCUT2D eigenvalue weighted by Gasteiger charge is 2.17. The van der Waals surface area contributed by atoms with Gasteiger partial charge in [0.2, 0.25) is 0 Å². The number of allylic oxidation sites excluding steroid dienone is 1. The monoisotopic (exact) mass is 259 g/mol. The van der Waals surface area contributed by atoms with Crippen LogP contribution in [0.3, 0.4) is 0 Å². The Labute approximate surface area is 116 Å². The summed E-state index contributed by atoms with van der Waals surface area (Å²) in [6.07, 6.45) is 6.71. The van der Waals surface area contributed by atoms with Gasteiger partial charge in [-0.15, -0.1) is 0 Å². The van der Waals surface area contributed by atoms with Crippen molar-refractivity contribution in [1.82, 2.24) is 5.32 Å². The molecule has 1 heterocycles. The lowest BCUT2D eigenvalue weighted by molar-refractivity contribution is 0.167. The Morgan fingerprint density at radius 3 is 2.68 bits per heavy atom. The average Bonchev–Trinajstić information content (AvgIpc) is 2.46. The Balaban J connectivity index is 2.04. The van der Waals surface area contributed by atoms with Crippen molar-refractivity contribution in [1.29, 1.82) is 0 Å². The highest BCUT2D eigenvalue weighted by atomic mass is 16.5. The Bertz CT molecular complexity index is 408. The van der Waals surface area contributed by atoms with Gasteiger partial charge in [0, 0.05) is 0 Å². The molecule has 1 unspecified atom stereocenters. The molecule has 0 saturated heterocycles. The summed E-state index contributed by atoms with van der Waals surface area (Å²) in [5.74, 6) is 1.14. The van der Waals surface area contributed by atoms with Crippen LogP contribution >= 0.6 is 0 Å². The number of aryl methyl sites for hydroxylation is 1. The fourth-order valence-electron chi connectivity index (χ4n) is 2.37. The van der Waals surface area contributed by atoms with Crippen molar-refractivity contribution in [3.8, 4) is 0 Å². The third-order valence-corrected chi connectivity index (χ3v) is 3.51. The molecule has 0 bridgehead atoms. The van der Waals surface area contributed by atoms with Crippen LogP contribution in [0.15, 0.2) is 36.1 Å². The third kappa shape index (κ3) is 4.39. The summed E-state index contributed by atoms with van der Waals surface area (Å²) in [4.78, 5) is 0. The van der Waals surface area contributed by atoms with Crippen molar-refractivity contribution in [2.45, 2.75) is 45.6 Å². The second-order valence-corrected chi connectivity index (χ2v) is 5.29. The van der Waals surface area contributed by atoms with E-state index in [0.717, 1.165) is 44.6 Å². The molecule has 1 aromatic carbocycles. The van der Waals surface area contributed by atoms with Gasteiger partial charge in [-0.2, -0.15) is 0 Å². The van der Waals surface area contributed by atoms with Crippen LogP contribution in [-0.4, -0.2) is 19.2 Å². The van der Waals surface area contributed by atoms with Crippen LogP contribution in [0.1, 0.15) is 37.3 Å². The number of ether oxygens (including phenoxy) is 1. The number of hydrogen-bond donors (Lipinski definition) is 1. The summed E-state index contributed by atoms with van der Waals surface area (Å²) in [7, 11) is 0. The van der Waals surface area contributed by atoms with Crippen LogP contribution in [0, 0.1) is 6.92 Å². The van der Waals surface area contributed by atoms with E-state index >= 15 is 0 Å². The first kappa shape index (κ1) is 14.1. The van der Waals surface area contributed by atoms with E-state index in [4.69, 9.17) is 4.74 Å². The van der Waals surface area contributed by atoms with E-state index < -0.39 is 0 Å². The van der Waals surface area contributed by atoms with E-state index in [9.17, 15) is 0 Å². The zero-order valence-electron chi connectivity index (χ0n) is 12.1. The minimum Gasteiger partial charge on any atom is -0.497 e. The first-order valence-electron chi connectivity index (χ1n) is 7.41. The fraction of sp³-hybridized carbons (Fsp3) is 0.529. The van der Waals surface area contributed by atoms with Gasteiger partial charge in [0.1, 0.15) is 5.76 Å². The number of rotatable bonds is 6. The Morgan fingerprint density at radius 1 is 1.26 bits per heavy atom. The molecule has 0 fully saturated rings. The van der Waals surface area contributed by atoms with Gasteiger partial charge in [0.25, 0.3) is 0 Å². The minimum atomic E-state index is 0.322. The second-order valence-electron chi connectivity index (χ2n) is 5.29. The Kier molecular flexibility index (Phi) is 5.46. The molecule has 0 aromatic heterocycles. The summed E-state index contributed by atoms with van der Waals surface area (Å²) >= 11 is 0. The number of hydrogen-bond acceptors (Lipinski definition) is 2. The third-order valence-electron chi connectivity index (χ3n) is 3.51. The highest BCUT2D eigenvalue weighted by Crippen LogP contribution is 2.17. The highest BCUT2D eigenvalue weighted by molar-refractivity contribution is 5.24. The largest absolute Gasteiger partial charge is 0.497 e. The summed E-state index contributed by atoms with van der Waals surface area (Å²) in [5, 5.41) is 3.61. The van der Waals surface area contributed by atoms with Gasteiger partial charge < -0.3 is 10.1 Å². The van der Waals surface area contributed by atoms with Crippen molar-refractivity contribution in [2.24, 2.45) is 0 Å². The van der Waals surface area contributed by atoms with E-state index in [-0.39, 0.29) is 0 Å². The molecule has 2 rings (SSSR count). The van der Waals surface area contributed by atoms with Crippen molar-refractivity contribution >= 4 is 0 Å². The first-order valence-corrected chi connectivity index (χ1v) is 7.41. The van der Waals surface area contributed by atoms with Crippen LogP contribution in [0.4, 0.5) is 0 Å². The maximum Gasteiger partial charge on any atom is 0.109 e. The van der Waals surface area contributed by atoms with Gasteiger partial charge >= 0.3 is 0 Å². The van der Waals surface area contributed by atoms with Crippen LogP contribution in [0.2, 0.25) is 0 Å². The molecule has 104 valence electrons. The van der Waals surface area contributed by atoms with Gasteiger partial charge in [-0.1, -0.05) is 36.8 Å². The van der Waals surface area contributed by atoms with Crippen molar-refractivity contribution in [3.05, 3.63) is 47.2 Å². The maximum atomic E-state index is 5.83. The van der Waals surface area contributed by atoms with Crippen molar-refractivity contribution in [3.63, 3.8) is 0 Å². The molecule has 19 heavy (non-hydrogen) atoms. The molecule has 1 aliphatic heterocycles. The van der Waals surface area contributed by atoms with E-state index in [1.807, 2.05) is 0 Å². The molecular formula is C17H25NO. The molecule has 0 amide bonds. The molecule has 0 aliphatic carbocycles. The normalized spacial score (nSPS) is 16.6. The topological polar surface area (TPSA) is 21.3 Å². The van der Waals surface area contributed by atoms with E-state index in [2.05, 4.69) is 49.5 Å². The summed E-state index contributed by atoms with van der Waals surface area (Å²) in [6.45, 7) is 6.23. The molecule has 1 aliphatic rings. The maximum absolute atomic E-state index is 5.83. The lowest BCUT2D eigenvalue weighted by Crippen LogP contribution is -2.35. The SMILES string of the molecule is CCCNC(Cc1ccc(C)cc1)C1=CCCCO1. The van der Waals surface area contributed by atoms with E-state index in [1.165, 1.54) is 11.1 Å². The molecule has 2 nitrogen and oxygen atoms in total. The van der Waals surface area contributed by atoms with Crippen LogP contribution in [0.5, 0.6) is 0 Å². The quantitative estimate of drug-likeness (QED) is 0.843. The zero-order valence-corrected chi connectivity index (χ0v) is 12.1. The smallest absolute Gasteiger partial charge is 0.109 e. The van der Waals surface area contributed by atoms with Crippen molar-refractivity contribution in [2.75, 3.05) is 13.2 Å². The van der Waals surface area contributed by atoms with E-state index in [1.54, 1.807) is 0 Å². The first-order chi connectivity index (χ1) is 9.29. The van der Waals surface area contributed by atoms with Crippen LogP contribution in [0.25, 0.3) is 0 Å². The zero-order chi connectivity index (χ0) is 13.5. The van der Waals surface area contributed by atoms with Gasteiger partial charge in [-0.05, 0) is 50.8 Å². The molecule has 1 aromatic rings. The molecular weight excluding hydrogens is 234 g/mol. The molecule has 1 N–H and O–H groups in total. The standard InChI is InChI=1S/C17H25NO/c1-3-11-18-16(17-6-4-5-12-19-17)13-15-9-7-14(2)8-10-15/h6-10,16,18H,3-5,11-13H2,1-2H3. The summed E-state index contributed by atoms with van der Waals surface area (Å²) in [6, 6.07) is 9.13. The lowest BCUT2D eigenvalue weighted by atomic mass is 10.0. The van der Waals surface area contributed by atoms with Crippen LogP contribution in [-0.2, 0) is 11.2 Å². The van der Waals surface area contributed by atoms with Gasteiger partial charge in [-0.3, -0.25) is 0 Å². The molecule has 0 spiro atoms. The fourth-order valence-corrected chi connectivity index (χ4v) is 2.37. The Morgan fingerprint density at radius 2 is 2.05 bits per heavy atom. The molecule has 0 saturated carbocycles. The van der Waals surface area contributed by atoms with Crippen molar-refractivity contribution < 1.29 is 4.74 Å². The predicted octanol–water partition coefficient (Wildman–Crippen LogP) is 3.60.